The van der Waals surface area contributed by atoms with Crippen LogP contribution in [0.25, 0.3) is 11.5 Å². The van der Waals surface area contributed by atoms with Crippen LogP contribution in [0.5, 0.6) is 5.75 Å². The van der Waals surface area contributed by atoms with E-state index in [9.17, 15) is 0 Å². The minimum absolute atomic E-state index is 0.521. The quantitative estimate of drug-likeness (QED) is 0.844. The van der Waals surface area contributed by atoms with E-state index in [4.69, 9.17) is 13.9 Å². The van der Waals surface area contributed by atoms with Gasteiger partial charge in [0.05, 0.1) is 26.9 Å². The smallest absolute Gasteiger partial charge is 0.247 e. The van der Waals surface area contributed by atoms with E-state index in [1.165, 1.54) is 0 Å². The van der Waals surface area contributed by atoms with Gasteiger partial charge in [0, 0.05) is 18.7 Å². The van der Waals surface area contributed by atoms with Crippen molar-refractivity contribution in [2.24, 2.45) is 0 Å². The second-order valence-electron chi connectivity index (χ2n) is 4.62. The summed E-state index contributed by atoms with van der Waals surface area (Å²) in [5.74, 6) is 1.92. The van der Waals surface area contributed by atoms with E-state index in [1.54, 1.807) is 7.11 Å². The predicted molar refractivity (Wildman–Crippen MR) is 72.4 cm³/mol. The fraction of sp³-hybridized carbons (Fsp3) is 0.429. The molecule has 6 nitrogen and oxygen atoms in total. The minimum atomic E-state index is 0.521. The average molecular weight is 275 g/mol. The zero-order chi connectivity index (χ0) is 13.8. The molecule has 0 radical (unpaired) electrons. The lowest BCUT2D eigenvalue weighted by Crippen LogP contribution is -2.35. The maximum Gasteiger partial charge on any atom is 0.247 e. The maximum atomic E-state index is 5.71. The van der Waals surface area contributed by atoms with Crippen molar-refractivity contribution in [3.63, 3.8) is 0 Å². The molecule has 0 unspecified atom stereocenters. The first-order valence-corrected chi connectivity index (χ1v) is 6.62. The molecule has 1 aromatic heterocycles. The van der Waals surface area contributed by atoms with Crippen LogP contribution in [0.3, 0.4) is 0 Å². The van der Waals surface area contributed by atoms with Gasteiger partial charge in [-0.05, 0) is 18.2 Å². The number of hydrogen-bond donors (Lipinski definition) is 0. The Hall–Kier alpha value is -1.92. The molecule has 2 heterocycles. The van der Waals surface area contributed by atoms with Crippen molar-refractivity contribution in [2.45, 2.75) is 6.54 Å². The Bertz CT molecular complexity index is 564. The zero-order valence-electron chi connectivity index (χ0n) is 11.4. The Labute approximate surface area is 117 Å². The summed E-state index contributed by atoms with van der Waals surface area (Å²) >= 11 is 0. The molecule has 1 aliphatic rings. The number of ether oxygens (including phenoxy) is 2. The summed E-state index contributed by atoms with van der Waals surface area (Å²) in [6.45, 7) is 3.99. The highest BCUT2D eigenvalue weighted by Crippen LogP contribution is 2.22. The highest BCUT2D eigenvalue weighted by molar-refractivity contribution is 5.55. The van der Waals surface area contributed by atoms with E-state index in [0.717, 1.165) is 37.6 Å². The monoisotopic (exact) mass is 275 g/mol. The number of aromatic nitrogens is 2. The van der Waals surface area contributed by atoms with Crippen LogP contribution >= 0.6 is 0 Å². The van der Waals surface area contributed by atoms with Crippen LogP contribution in [-0.2, 0) is 11.3 Å². The van der Waals surface area contributed by atoms with Gasteiger partial charge in [-0.25, -0.2) is 0 Å². The van der Waals surface area contributed by atoms with Crippen LogP contribution in [0.1, 0.15) is 5.89 Å². The van der Waals surface area contributed by atoms with Crippen LogP contribution in [0, 0.1) is 0 Å². The average Bonchev–Trinajstić information content (AvgIpc) is 2.97. The van der Waals surface area contributed by atoms with Gasteiger partial charge < -0.3 is 13.9 Å². The minimum Gasteiger partial charge on any atom is -0.497 e. The molecule has 0 N–H and O–H groups in total. The summed E-state index contributed by atoms with van der Waals surface area (Å²) in [5, 5.41) is 8.20. The summed E-state index contributed by atoms with van der Waals surface area (Å²) in [6, 6.07) is 7.59. The van der Waals surface area contributed by atoms with Gasteiger partial charge in [0.2, 0.25) is 11.8 Å². The standard InChI is InChI=1S/C14H17N3O3/c1-18-12-4-2-3-11(9-12)14-16-15-13(20-14)10-17-5-7-19-8-6-17/h2-4,9H,5-8,10H2,1H3. The molecule has 0 aliphatic carbocycles. The lowest BCUT2D eigenvalue weighted by molar-refractivity contribution is 0.0306. The topological polar surface area (TPSA) is 60.6 Å². The molecular formula is C14H17N3O3. The third-order valence-corrected chi connectivity index (χ3v) is 3.25. The first kappa shape index (κ1) is 13.1. The molecule has 2 aromatic rings. The number of rotatable bonds is 4. The highest BCUT2D eigenvalue weighted by atomic mass is 16.5. The second kappa shape index (κ2) is 6.02. The molecule has 1 fully saturated rings. The first-order valence-electron chi connectivity index (χ1n) is 6.62. The molecule has 0 amide bonds. The van der Waals surface area contributed by atoms with Gasteiger partial charge in [0.15, 0.2) is 0 Å². The Kier molecular flexibility index (Phi) is 3.94. The molecule has 0 spiro atoms. The number of hydrogen-bond acceptors (Lipinski definition) is 6. The lowest BCUT2D eigenvalue weighted by Gasteiger charge is -2.24. The van der Waals surface area contributed by atoms with E-state index in [0.29, 0.717) is 18.3 Å². The highest BCUT2D eigenvalue weighted by Gasteiger charge is 2.15. The summed E-state index contributed by atoms with van der Waals surface area (Å²) in [5.41, 5.74) is 0.866. The van der Waals surface area contributed by atoms with Crippen molar-refractivity contribution in [2.75, 3.05) is 33.4 Å². The molecule has 20 heavy (non-hydrogen) atoms. The molecule has 3 rings (SSSR count). The van der Waals surface area contributed by atoms with Gasteiger partial charge in [0.1, 0.15) is 5.75 Å². The van der Waals surface area contributed by atoms with Gasteiger partial charge in [-0.1, -0.05) is 6.07 Å². The van der Waals surface area contributed by atoms with Crippen molar-refractivity contribution in [3.05, 3.63) is 30.2 Å². The zero-order valence-corrected chi connectivity index (χ0v) is 11.4. The van der Waals surface area contributed by atoms with Crippen molar-refractivity contribution < 1.29 is 13.9 Å². The number of benzene rings is 1. The molecule has 1 aliphatic heterocycles. The van der Waals surface area contributed by atoms with Crippen LogP contribution in [0.2, 0.25) is 0 Å². The first-order chi connectivity index (χ1) is 9.85. The van der Waals surface area contributed by atoms with E-state index in [-0.39, 0.29) is 0 Å². The van der Waals surface area contributed by atoms with Crippen LogP contribution in [-0.4, -0.2) is 48.5 Å². The fourth-order valence-electron chi connectivity index (χ4n) is 2.14. The van der Waals surface area contributed by atoms with Crippen LogP contribution < -0.4 is 4.74 Å². The van der Waals surface area contributed by atoms with E-state index in [2.05, 4.69) is 15.1 Å². The number of methoxy groups -OCH3 is 1. The summed E-state index contributed by atoms with van der Waals surface area (Å²) in [4.78, 5) is 2.24. The van der Waals surface area contributed by atoms with Crippen LogP contribution in [0.4, 0.5) is 0 Å². The molecule has 0 saturated carbocycles. The lowest BCUT2D eigenvalue weighted by atomic mass is 10.2. The number of morpholine rings is 1. The fourth-order valence-corrected chi connectivity index (χ4v) is 2.14. The van der Waals surface area contributed by atoms with Crippen LogP contribution in [0.15, 0.2) is 28.7 Å². The van der Waals surface area contributed by atoms with Crippen molar-refractivity contribution in [1.82, 2.24) is 15.1 Å². The molecule has 1 saturated heterocycles. The maximum absolute atomic E-state index is 5.71. The molecule has 0 bridgehead atoms. The summed E-state index contributed by atoms with van der Waals surface area (Å²) < 4.78 is 16.2. The largest absolute Gasteiger partial charge is 0.497 e. The summed E-state index contributed by atoms with van der Waals surface area (Å²) in [7, 11) is 1.64. The number of nitrogens with zero attached hydrogens (tertiary/aromatic N) is 3. The predicted octanol–water partition coefficient (Wildman–Crippen LogP) is 1.58. The van der Waals surface area contributed by atoms with E-state index in [1.807, 2.05) is 24.3 Å². The van der Waals surface area contributed by atoms with Gasteiger partial charge in [-0.15, -0.1) is 10.2 Å². The Morgan fingerprint density at radius 2 is 2.10 bits per heavy atom. The third kappa shape index (κ3) is 2.97. The molecule has 6 heteroatoms. The van der Waals surface area contributed by atoms with E-state index < -0.39 is 0 Å². The van der Waals surface area contributed by atoms with Crippen molar-refractivity contribution in [3.8, 4) is 17.2 Å². The van der Waals surface area contributed by atoms with Crippen molar-refractivity contribution in [1.29, 1.82) is 0 Å². The van der Waals surface area contributed by atoms with Gasteiger partial charge in [-0.2, -0.15) is 0 Å². The SMILES string of the molecule is COc1cccc(-c2nnc(CN3CCOCC3)o2)c1. The third-order valence-electron chi connectivity index (χ3n) is 3.25. The van der Waals surface area contributed by atoms with E-state index >= 15 is 0 Å². The molecule has 0 atom stereocenters. The molecular weight excluding hydrogens is 258 g/mol. The van der Waals surface area contributed by atoms with Gasteiger partial charge >= 0.3 is 0 Å². The Morgan fingerprint density at radius 1 is 1.25 bits per heavy atom. The molecule has 1 aromatic carbocycles. The van der Waals surface area contributed by atoms with Gasteiger partial charge in [-0.3, -0.25) is 4.90 Å². The summed E-state index contributed by atoms with van der Waals surface area (Å²) in [6.07, 6.45) is 0. The normalized spacial score (nSPS) is 16.2. The molecule has 106 valence electrons. The van der Waals surface area contributed by atoms with Gasteiger partial charge in [0.25, 0.3) is 0 Å². The second-order valence-corrected chi connectivity index (χ2v) is 4.62. The Balaban J connectivity index is 1.72. The van der Waals surface area contributed by atoms with Crippen molar-refractivity contribution >= 4 is 0 Å². The Morgan fingerprint density at radius 3 is 2.90 bits per heavy atom.